The number of hydrogen-bond donors (Lipinski definition) is 3. The van der Waals surface area contributed by atoms with Crippen molar-refractivity contribution in [1.29, 1.82) is 0 Å². The molecule has 0 saturated carbocycles. The van der Waals surface area contributed by atoms with Crippen LogP contribution in [0.3, 0.4) is 0 Å². The van der Waals surface area contributed by atoms with Gasteiger partial charge in [-0.15, -0.1) is 0 Å². The lowest BCUT2D eigenvalue weighted by Gasteiger charge is -2.21. The summed E-state index contributed by atoms with van der Waals surface area (Å²) in [4.78, 5) is 12.0. The van der Waals surface area contributed by atoms with Gasteiger partial charge in [-0.2, -0.15) is 5.10 Å². The molecule has 1 rings (SSSR count). The molecule has 0 radical (unpaired) electrons. The van der Waals surface area contributed by atoms with Crippen molar-refractivity contribution >= 4 is 11.7 Å². The van der Waals surface area contributed by atoms with Crippen LogP contribution in [0.2, 0.25) is 0 Å². The van der Waals surface area contributed by atoms with Crippen LogP contribution in [0.4, 0.5) is 5.82 Å². The van der Waals surface area contributed by atoms with Gasteiger partial charge in [0, 0.05) is 12.8 Å². The lowest BCUT2D eigenvalue weighted by atomic mass is 10.0. The number of nitrogens with two attached hydrogens (primary N) is 1. The molecular formula is C11H20N4O2. The van der Waals surface area contributed by atoms with Crippen LogP contribution in [0.15, 0.2) is 0 Å². The van der Waals surface area contributed by atoms with Gasteiger partial charge in [-0.3, -0.25) is 9.89 Å². The lowest BCUT2D eigenvalue weighted by Crippen LogP contribution is -2.42. The van der Waals surface area contributed by atoms with E-state index in [-0.39, 0.29) is 23.7 Å². The number of nitrogen functional groups attached to an aromatic ring is 1. The van der Waals surface area contributed by atoms with Gasteiger partial charge in [-0.1, -0.05) is 13.8 Å². The van der Waals surface area contributed by atoms with E-state index in [1.807, 2.05) is 13.8 Å². The first kappa shape index (κ1) is 13.5. The standard InChI is InChI=1S/C11H20N4O2/c1-6(2)8(5-17-4)13-11(16)9-7(3)14-15-10(9)12/h6,8H,5H2,1-4H3,(H,13,16)(H3,12,14,15). The van der Waals surface area contributed by atoms with Crippen molar-refractivity contribution in [3.8, 4) is 0 Å². The van der Waals surface area contributed by atoms with Crippen molar-refractivity contribution in [3.05, 3.63) is 11.3 Å². The summed E-state index contributed by atoms with van der Waals surface area (Å²) in [6.45, 7) is 6.28. The van der Waals surface area contributed by atoms with E-state index in [4.69, 9.17) is 10.5 Å². The largest absolute Gasteiger partial charge is 0.383 e. The van der Waals surface area contributed by atoms with E-state index in [2.05, 4.69) is 15.5 Å². The fraction of sp³-hybridized carbons (Fsp3) is 0.636. The van der Waals surface area contributed by atoms with E-state index < -0.39 is 0 Å². The fourth-order valence-electron chi connectivity index (χ4n) is 1.56. The van der Waals surface area contributed by atoms with Crippen LogP contribution in [-0.4, -0.2) is 35.9 Å². The molecule has 1 heterocycles. The number of H-pyrrole nitrogens is 1. The molecule has 0 aliphatic rings. The molecule has 0 aliphatic carbocycles. The van der Waals surface area contributed by atoms with Crippen LogP contribution >= 0.6 is 0 Å². The summed E-state index contributed by atoms with van der Waals surface area (Å²) in [5.41, 5.74) is 6.71. The number of carbonyl (C=O) groups is 1. The molecular weight excluding hydrogens is 220 g/mol. The van der Waals surface area contributed by atoms with Crippen LogP contribution in [-0.2, 0) is 4.74 Å². The molecule has 4 N–H and O–H groups in total. The fourth-order valence-corrected chi connectivity index (χ4v) is 1.56. The summed E-state index contributed by atoms with van der Waals surface area (Å²) in [5.74, 6) is 0.289. The molecule has 6 nitrogen and oxygen atoms in total. The normalized spacial score (nSPS) is 12.8. The highest BCUT2D eigenvalue weighted by atomic mass is 16.5. The zero-order valence-electron chi connectivity index (χ0n) is 10.7. The number of aromatic amines is 1. The Kier molecular flexibility index (Phi) is 4.51. The summed E-state index contributed by atoms with van der Waals surface area (Å²) in [6, 6.07) is -0.0406. The highest BCUT2D eigenvalue weighted by Crippen LogP contribution is 2.13. The Morgan fingerprint density at radius 1 is 1.59 bits per heavy atom. The number of hydrogen-bond acceptors (Lipinski definition) is 4. The van der Waals surface area contributed by atoms with Gasteiger partial charge >= 0.3 is 0 Å². The Bertz CT molecular complexity index is 367. The SMILES string of the molecule is COCC(NC(=O)c1c(N)n[nH]c1C)C(C)C. The summed E-state index contributed by atoms with van der Waals surface area (Å²) in [6.07, 6.45) is 0. The molecule has 0 aromatic carbocycles. The topological polar surface area (TPSA) is 93.0 Å². The summed E-state index contributed by atoms with van der Waals surface area (Å²) in [7, 11) is 1.61. The van der Waals surface area contributed by atoms with Crippen LogP contribution in [0.5, 0.6) is 0 Å². The molecule has 17 heavy (non-hydrogen) atoms. The third-order valence-corrected chi connectivity index (χ3v) is 2.67. The van der Waals surface area contributed by atoms with Crippen molar-refractivity contribution in [2.75, 3.05) is 19.5 Å². The number of carbonyl (C=O) groups excluding carboxylic acids is 1. The molecule has 0 fully saturated rings. The van der Waals surface area contributed by atoms with E-state index in [1.165, 1.54) is 0 Å². The van der Waals surface area contributed by atoms with Gasteiger partial charge < -0.3 is 15.8 Å². The second-order valence-electron chi connectivity index (χ2n) is 4.39. The zero-order valence-corrected chi connectivity index (χ0v) is 10.7. The Balaban J connectivity index is 2.77. The van der Waals surface area contributed by atoms with Crippen molar-refractivity contribution < 1.29 is 9.53 Å². The number of nitrogens with one attached hydrogen (secondary N) is 2. The summed E-state index contributed by atoms with van der Waals surface area (Å²) < 4.78 is 5.07. The van der Waals surface area contributed by atoms with Gasteiger partial charge in [0.2, 0.25) is 0 Å². The van der Waals surface area contributed by atoms with E-state index in [9.17, 15) is 4.79 Å². The second-order valence-corrected chi connectivity index (χ2v) is 4.39. The predicted molar refractivity (Wildman–Crippen MR) is 65.7 cm³/mol. The molecule has 96 valence electrons. The van der Waals surface area contributed by atoms with Gasteiger partial charge in [0.1, 0.15) is 5.56 Å². The Hall–Kier alpha value is -1.56. The first-order valence-corrected chi connectivity index (χ1v) is 5.57. The van der Waals surface area contributed by atoms with Gasteiger partial charge in [0.25, 0.3) is 5.91 Å². The van der Waals surface area contributed by atoms with Gasteiger partial charge in [-0.25, -0.2) is 0 Å². The molecule has 0 saturated heterocycles. The van der Waals surface area contributed by atoms with Gasteiger partial charge in [0.05, 0.1) is 12.6 Å². The molecule has 1 amide bonds. The smallest absolute Gasteiger partial charge is 0.257 e. The number of rotatable bonds is 5. The minimum absolute atomic E-state index is 0.0406. The number of anilines is 1. The van der Waals surface area contributed by atoms with Crippen LogP contribution < -0.4 is 11.1 Å². The maximum atomic E-state index is 12.0. The third-order valence-electron chi connectivity index (χ3n) is 2.67. The van der Waals surface area contributed by atoms with Crippen LogP contribution in [0, 0.1) is 12.8 Å². The number of aromatic nitrogens is 2. The van der Waals surface area contributed by atoms with Crippen molar-refractivity contribution in [2.24, 2.45) is 5.92 Å². The molecule has 0 bridgehead atoms. The average Bonchev–Trinajstić information content (AvgIpc) is 2.57. The van der Waals surface area contributed by atoms with E-state index in [1.54, 1.807) is 14.0 Å². The molecule has 1 aromatic heterocycles. The number of methoxy groups -OCH3 is 1. The quantitative estimate of drug-likeness (QED) is 0.706. The molecule has 0 aliphatic heterocycles. The highest BCUT2D eigenvalue weighted by Gasteiger charge is 2.21. The molecule has 1 aromatic rings. The Morgan fingerprint density at radius 2 is 2.24 bits per heavy atom. The van der Waals surface area contributed by atoms with Crippen molar-refractivity contribution in [2.45, 2.75) is 26.8 Å². The van der Waals surface area contributed by atoms with E-state index in [0.29, 0.717) is 17.9 Å². The minimum Gasteiger partial charge on any atom is -0.383 e. The zero-order chi connectivity index (χ0) is 13.0. The lowest BCUT2D eigenvalue weighted by molar-refractivity contribution is 0.0867. The average molecular weight is 240 g/mol. The molecule has 6 heteroatoms. The Labute approximate surface area is 101 Å². The van der Waals surface area contributed by atoms with Crippen LogP contribution in [0.1, 0.15) is 29.9 Å². The van der Waals surface area contributed by atoms with E-state index >= 15 is 0 Å². The highest BCUT2D eigenvalue weighted by molar-refractivity contribution is 5.99. The third kappa shape index (κ3) is 3.20. The Morgan fingerprint density at radius 3 is 2.65 bits per heavy atom. The monoisotopic (exact) mass is 240 g/mol. The minimum atomic E-state index is -0.218. The molecule has 1 unspecified atom stereocenters. The van der Waals surface area contributed by atoms with Crippen molar-refractivity contribution in [3.63, 3.8) is 0 Å². The summed E-state index contributed by atoms with van der Waals surface area (Å²) in [5, 5.41) is 9.38. The maximum absolute atomic E-state index is 12.0. The van der Waals surface area contributed by atoms with Crippen molar-refractivity contribution in [1.82, 2.24) is 15.5 Å². The van der Waals surface area contributed by atoms with E-state index in [0.717, 1.165) is 0 Å². The molecule has 1 atom stereocenters. The first-order valence-electron chi connectivity index (χ1n) is 5.57. The number of nitrogens with zero attached hydrogens (tertiary/aromatic N) is 1. The van der Waals surface area contributed by atoms with Gasteiger partial charge in [-0.05, 0) is 12.8 Å². The number of amides is 1. The first-order chi connectivity index (χ1) is 7.97. The number of ether oxygens (including phenoxy) is 1. The molecule has 0 spiro atoms. The van der Waals surface area contributed by atoms with Crippen LogP contribution in [0.25, 0.3) is 0 Å². The van der Waals surface area contributed by atoms with Gasteiger partial charge in [0.15, 0.2) is 5.82 Å². The predicted octanol–water partition coefficient (Wildman–Crippen LogP) is 0.701. The number of aryl methyl sites for hydroxylation is 1. The summed E-state index contributed by atoms with van der Waals surface area (Å²) >= 11 is 0. The maximum Gasteiger partial charge on any atom is 0.257 e. The second kappa shape index (κ2) is 5.67.